The van der Waals surface area contributed by atoms with E-state index in [0.717, 1.165) is 6.54 Å². The van der Waals surface area contributed by atoms with E-state index in [-0.39, 0.29) is 0 Å². The monoisotopic (exact) mass is 367 g/mol. The molecular formula is C26H41N. The van der Waals surface area contributed by atoms with Crippen molar-refractivity contribution in [2.45, 2.75) is 41.5 Å². The molecule has 0 amide bonds. The molecule has 27 heavy (non-hydrogen) atoms. The summed E-state index contributed by atoms with van der Waals surface area (Å²) in [5.74, 6) is 0. The third-order valence-electron chi connectivity index (χ3n) is 2.79. The minimum atomic E-state index is 0.913. The van der Waals surface area contributed by atoms with E-state index < -0.39 is 0 Å². The summed E-state index contributed by atoms with van der Waals surface area (Å²) in [4.78, 5) is 2.18. The third kappa shape index (κ3) is 21.4. The molecule has 0 spiro atoms. The number of rotatable bonds is 4. The summed E-state index contributed by atoms with van der Waals surface area (Å²) < 4.78 is 0. The first-order chi connectivity index (χ1) is 13.2. The largest absolute Gasteiger partial charge is 0.371 e. The molecule has 150 valence electrons. The van der Waals surface area contributed by atoms with Crippen LogP contribution in [0.4, 0.5) is 5.69 Å². The van der Waals surface area contributed by atoms with Crippen LogP contribution in [0.3, 0.4) is 0 Å². The van der Waals surface area contributed by atoms with E-state index in [4.69, 9.17) is 0 Å². The van der Waals surface area contributed by atoms with Gasteiger partial charge in [0.05, 0.1) is 0 Å². The highest BCUT2D eigenvalue weighted by Crippen LogP contribution is 2.10. The summed E-state index contributed by atoms with van der Waals surface area (Å²) in [6, 6.07) is 20.6. The Morgan fingerprint density at radius 1 is 0.815 bits per heavy atom. The number of allylic oxidation sites excluding steroid dienone is 3. The predicted molar refractivity (Wildman–Crippen MR) is 129 cm³/mol. The van der Waals surface area contributed by atoms with Crippen molar-refractivity contribution in [3.05, 3.63) is 104 Å². The Labute approximate surface area is 169 Å². The van der Waals surface area contributed by atoms with Crippen LogP contribution in [0.2, 0.25) is 0 Å². The molecule has 0 N–H and O–H groups in total. The molecule has 2 aromatic rings. The zero-order valence-corrected chi connectivity index (χ0v) is 18.7. The van der Waals surface area contributed by atoms with Crippen LogP contribution in [-0.2, 0) is 0 Å². The van der Waals surface area contributed by atoms with Gasteiger partial charge < -0.3 is 4.90 Å². The average Bonchev–Trinajstić information content (AvgIpc) is 2.73. The van der Waals surface area contributed by atoms with Crippen molar-refractivity contribution in [1.29, 1.82) is 0 Å². The number of likely N-dealkylation sites (N-methyl/N-ethyl adjacent to an activating group) is 1. The van der Waals surface area contributed by atoms with Crippen LogP contribution >= 0.6 is 0 Å². The maximum absolute atomic E-state index is 3.62. The molecule has 0 saturated carbocycles. The van der Waals surface area contributed by atoms with Gasteiger partial charge in [-0.3, -0.25) is 0 Å². The molecule has 0 radical (unpaired) electrons. The lowest BCUT2D eigenvalue weighted by Crippen LogP contribution is -2.16. The molecule has 0 saturated heterocycles. The molecule has 0 aromatic heterocycles. The number of nitrogens with zero attached hydrogens (tertiary/aromatic N) is 1. The Bertz CT molecular complexity index is 541. The van der Waals surface area contributed by atoms with Crippen LogP contribution in [0.15, 0.2) is 98.1 Å². The van der Waals surface area contributed by atoms with Gasteiger partial charge in [-0.15, -0.1) is 6.58 Å². The van der Waals surface area contributed by atoms with Crippen molar-refractivity contribution < 1.29 is 0 Å². The molecule has 1 heteroatoms. The highest BCUT2D eigenvalue weighted by atomic mass is 15.1. The fourth-order valence-electron chi connectivity index (χ4n) is 1.64. The van der Waals surface area contributed by atoms with Gasteiger partial charge >= 0.3 is 0 Å². The van der Waals surface area contributed by atoms with Crippen molar-refractivity contribution in [2.24, 2.45) is 0 Å². The Hall–Kier alpha value is -2.54. The summed E-state index contributed by atoms with van der Waals surface area (Å²) in [6.07, 6.45) is 7.58. The van der Waals surface area contributed by atoms with Gasteiger partial charge in [-0.25, -0.2) is 0 Å². The number of hydrogen-bond acceptors (Lipinski definition) is 1. The Morgan fingerprint density at radius 3 is 1.56 bits per heavy atom. The zero-order chi connectivity index (χ0) is 21.3. The first kappa shape index (κ1) is 29.2. The maximum Gasteiger partial charge on any atom is 0.0366 e. The smallest absolute Gasteiger partial charge is 0.0366 e. The SMILES string of the molecule is C=C/C=C\CN(C)c1ccccc1.C=CC.CC.CC.Cc1ccccc1. The fourth-order valence-corrected chi connectivity index (χ4v) is 1.64. The topological polar surface area (TPSA) is 3.24 Å². The Morgan fingerprint density at radius 2 is 1.22 bits per heavy atom. The molecule has 2 aromatic carbocycles. The normalized spacial score (nSPS) is 8.11. The highest BCUT2D eigenvalue weighted by molar-refractivity contribution is 5.45. The number of benzene rings is 2. The van der Waals surface area contributed by atoms with Crippen LogP contribution in [-0.4, -0.2) is 13.6 Å². The molecule has 0 heterocycles. The van der Waals surface area contributed by atoms with Crippen molar-refractivity contribution in [3.63, 3.8) is 0 Å². The molecule has 0 bridgehead atoms. The van der Waals surface area contributed by atoms with Gasteiger partial charge in [0.2, 0.25) is 0 Å². The van der Waals surface area contributed by atoms with Gasteiger partial charge in [-0.2, -0.15) is 0 Å². The molecule has 0 fully saturated rings. The minimum Gasteiger partial charge on any atom is -0.371 e. The van der Waals surface area contributed by atoms with E-state index in [2.05, 4.69) is 62.4 Å². The van der Waals surface area contributed by atoms with Gasteiger partial charge in [0, 0.05) is 19.3 Å². The van der Waals surface area contributed by atoms with Gasteiger partial charge in [-0.1, -0.05) is 113 Å². The van der Waals surface area contributed by atoms with Gasteiger partial charge in [-0.05, 0) is 26.0 Å². The second-order valence-corrected chi connectivity index (χ2v) is 4.94. The summed E-state index contributed by atoms with van der Waals surface area (Å²) in [7, 11) is 2.07. The van der Waals surface area contributed by atoms with Crippen LogP contribution in [0.1, 0.15) is 40.2 Å². The second-order valence-electron chi connectivity index (χ2n) is 4.94. The van der Waals surface area contributed by atoms with E-state index in [0.29, 0.717) is 0 Å². The van der Waals surface area contributed by atoms with E-state index in [9.17, 15) is 0 Å². The van der Waals surface area contributed by atoms with E-state index in [1.165, 1.54) is 11.3 Å². The highest BCUT2D eigenvalue weighted by Gasteiger charge is 1.94. The molecule has 0 unspecified atom stereocenters. The van der Waals surface area contributed by atoms with Crippen LogP contribution in [0, 0.1) is 6.92 Å². The fraction of sp³-hybridized carbons (Fsp3) is 0.308. The molecule has 0 atom stereocenters. The van der Waals surface area contributed by atoms with E-state index in [1.54, 1.807) is 12.2 Å². The Kier molecular flexibility index (Phi) is 27.8. The first-order valence-corrected chi connectivity index (χ1v) is 9.78. The lowest BCUT2D eigenvalue weighted by Gasteiger charge is -2.16. The van der Waals surface area contributed by atoms with E-state index >= 15 is 0 Å². The van der Waals surface area contributed by atoms with Crippen molar-refractivity contribution in [3.8, 4) is 0 Å². The maximum atomic E-state index is 3.62. The summed E-state index contributed by atoms with van der Waals surface area (Å²) in [5, 5.41) is 0. The lowest BCUT2D eigenvalue weighted by atomic mass is 10.2. The van der Waals surface area contributed by atoms with Gasteiger partial charge in [0.25, 0.3) is 0 Å². The van der Waals surface area contributed by atoms with Crippen LogP contribution in [0.5, 0.6) is 0 Å². The molecule has 1 nitrogen and oxygen atoms in total. The molecule has 0 aliphatic rings. The molecule has 2 rings (SSSR count). The lowest BCUT2D eigenvalue weighted by molar-refractivity contribution is 1.03. The number of hydrogen-bond donors (Lipinski definition) is 0. The van der Waals surface area contributed by atoms with Crippen molar-refractivity contribution >= 4 is 5.69 Å². The van der Waals surface area contributed by atoms with Gasteiger partial charge in [0.1, 0.15) is 0 Å². The number of aryl methyl sites for hydroxylation is 1. The number of anilines is 1. The zero-order valence-electron chi connectivity index (χ0n) is 18.7. The predicted octanol–water partition coefficient (Wildman–Crippen LogP) is 8.10. The van der Waals surface area contributed by atoms with Crippen molar-refractivity contribution in [2.75, 3.05) is 18.5 Å². The Balaban J connectivity index is -0.000000346. The molecule has 0 aliphatic heterocycles. The summed E-state index contributed by atoms with van der Waals surface area (Å²) in [6.45, 7) is 19.9. The summed E-state index contributed by atoms with van der Waals surface area (Å²) in [5.41, 5.74) is 2.55. The van der Waals surface area contributed by atoms with Crippen molar-refractivity contribution in [1.82, 2.24) is 0 Å². The first-order valence-electron chi connectivity index (χ1n) is 9.78. The molecule has 0 aliphatic carbocycles. The standard InChI is InChI=1S/C12H15N.C7H8.C3H6.2C2H6/c1-3-4-8-11-13(2)12-9-6-5-7-10-12;1-7-5-3-2-4-6-7;1-3-2;2*1-2/h3-10H,1,11H2,2H3;2-6H,1H3;3H,1H2,2H3;2*1-2H3/b8-4-;;;;. The van der Waals surface area contributed by atoms with E-state index in [1.807, 2.05) is 77.1 Å². The molecular weight excluding hydrogens is 326 g/mol. The third-order valence-corrected chi connectivity index (χ3v) is 2.79. The van der Waals surface area contributed by atoms with Crippen LogP contribution < -0.4 is 4.90 Å². The summed E-state index contributed by atoms with van der Waals surface area (Å²) >= 11 is 0. The number of para-hydroxylation sites is 1. The van der Waals surface area contributed by atoms with Crippen LogP contribution in [0.25, 0.3) is 0 Å². The second kappa shape index (κ2) is 25.7. The quantitative estimate of drug-likeness (QED) is 0.389. The minimum absolute atomic E-state index is 0.913. The van der Waals surface area contributed by atoms with Gasteiger partial charge in [0.15, 0.2) is 0 Å². The average molecular weight is 368 g/mol.